The van der Waals surface area contributed by atoms with Crippen LogP contribution < -0.4 is 24.4 Å². The van der Waals surface area contributed by atoms with Gasteiger partial charge >= 0.3 is 7.12 Å². The highest BCUT2D eigenvalue weighted by Crippen LogP contribution is 2.37. The molecule has 1 saturated heterocycles. The van der Waals surface area contributed by atoms with E-state index in [4.69, 9.17) is 28.3 Å². The molecule has 1 heterocycles. The zero-order chi connectivity index (χ0) is 39.5. The van der Waals surface area contributed by atoms with Crippen molar-refractivity contribution < 1.29 is 37.8 Å². The number of carbonyl (C=O) groups is 2. The lowest BCUT2D eigenvalue weighted by molar-refractivity contribution is 0.00578. The first-order chi connectivity index (χ1) is 27.0. The van der Waals surface area contributed by atoms with E-state index in [1.807, 2.05) is 137 Å². The molecule has 1 fully saturated rings. The molecule has 0 spiro atoms. The molecule has 0 bridgehead atoms. The Bertz CT molecular complexity index is 2230. The third-order valence-corrected chi connectivity index (χ3v) is 10.1. The Hall–Kier alpha value is -5.68. The van der Waals surface area contributed by atoms with Gasteiger partial charge < -0.3 is 28.3 Å². The standard InChI is InChI=1S/C26H27BO5.C20H15BrO3.CH4/c1-25(2)26(3,4)32-27(31-25)24-16-23(14-13-20(24)17-28)30-22-12-8-11-21(15-22)29-18-19-9-6-5-7-10-19;21-20-12-19(10-9-16(20)13-22)24-18-8-4-7-17(11-18)23-14-15-5-2-1-3-6-15;/h5-17H,18H2,1-4H3;1-13H,14H2;1H4. The third kappa shape index (κ3) is 11.4. The summed E-state index contributed by atoms with van der Waals surface area (Å²) in [5.74, 6) is 3.98. The lowest BCUT2D eigenvalue weighted by Gasteiger charge is -2.32. The van der Waals surface area contributed by atoms with Gasteiger partial charge in [-0.2, -0.15) is 0 Å². The third-order valence-electron chi connectivity index (χ3n) is 9.37. The van der Waals surface area contributed by atoms with Crippen LogP contribution in [0.2, 0.25) is 0 Å². The zero-order valence-corrected chi connectivity index (χ0v) is 33.2. The number of carbonyl (C=O) groups excluding carboxylic acids is 2. The largest absolute Gasteiger partial charge is 0.495 e. The monoisotopic (exact) mass is 828 g/mol. The molecule has 292 valence electrons. The zero-order valence-electron chi connectivity index (χ0n) is 31.6. The highest BCUT2D eigenvalue weighted by molar-refractivity contribution is 9.10. The highest BCUT2D eigenvalue weighted by Gasteiger charge is 2.52. The van der Waals surface area contributed by atoms with Gasteiger partial charge in [0.2, 0.25) is 0 Å². The average Bonchev–Trinajstić information content (AvgIpc) is 3.43. The van der Waals surface area contributed by atoms with E-state index >= 15 is 0 Å². The van der Waals surface area contributed by atoms with E-state index in [2.05, 4.69) is 15.9 Å². The van der Waals surface area contributed by atoms with Gasteiger partial charge in [0, 0.05) is 27.7 Å². The number of ether oxygens (including phenoxy) is 4. The van der Waals surface area contributed by atoms with E-state index < -0.39 is 18.3 Å². The van der Waals surface area contributed by atoms with Gasteiger partial charge in [-0.25, -0.2) is 0 Å². The molecule has 0 N–H and O–H groups in total. The quantitative estimate of drug-likeness (QED) is 0.0840. The Labute approximate surface area is 344 Å². The molecular weight excluding hydrogens is 783 g/mol. The number of halogens is 1. The summed E-state index contributed by atoms with van der Waals surface area (Å²) >= 11 is 3.35. The molecule has 8 nitrogen and oxygen atoms in total. The molecule has 0 aromatic heterocycles. The first-order valence-electron chi connectivity index (χ1n) is 18.1. The molecule has 0 radical (unpaired) electrons. The second kappa shape index (κ2) is 19.5. The Balaban J connectivity index is 0.000000222. The van der Waals surface area contributed by atoms with Gasteiger partial charge in [-0.15, -0.1) is 0 Å². The summed E-state index contributed by atoms with van der Waals surface area (Å²) < 4.78 is 36.5. The van der Waals surface area contributed by atoms with Gasteiger partial charge in [-0.3, -0.25) is 9.59 Å². The Kier molecular flexibility index (Phi) is 14.5. The molecule has 1 aliphatic heterocycles. The highest BCUT2D eigenvalue weighted by atomic mass is 79.9. The molecule has 0 saturated carbocycles. The van der Waals surface area contributed by atoms with Crippen molar-refractivity contribution in [3.63, 3.8) is 0 Å². The van der Waals surface area contributed by atoms with Gasteiger partial charge in [0.15, 0.2) is 6.29 Å². The van der Waals surface area contributed by atoms with Crippen LogP contribution in [0, 0.1) is 0 Å². The van der Waals surface area contributed by atoms with Crippen molar-refractivity contribution in [1.29, 1.82) is 0 Å². The van der Waals surface area contributed by atoms with Gasteiger partial charge in [0.25, 0.3) is 0 Å². The molecular formula is C47H46BBrO8. The smallest absolute Gasteiger partial charge is 0.489 e. The second-order valence-electron chi connectivity index (χ2n) is 14.0. The van der Waals surface area contributed by atoms with E-state index in [-0.39, 0.29) is 7.43 Å². The molecule has 0 atom stereocenters. The van der Waals surface area contributed by atoms with Gasteiger partial charge in [0.05, 0.1) is 11.2 Å². The van der Waals surface area contributed by atoms with E-state index in [0.29, 0.717) is 63.0 Å². The van der Waals surface area contributed by atoms with Crippen LogP contribution in [0.1, 0.15) is 67.0 Å². The van der Waals surface area contributed by atoms with Crippen molar-refractivity contribution in [2.45, 2.75) is 59.5 Å². The summed E-state index contributed by atoms with van der Waals surface area (Å²) in [6.07, 6.45) is 1.61. The van der Waals surface area contributed by atoms with Crippen molar-refractivity contribution in [2.24, 2.45) is 0 Å². The predicted molar refractivity (Wildman–Crippen MR) is 228 cm³/mol. The van der Waals surface area contributed by atoms with Crippen molar-refractivity contribution in [1.82, 2.24) is 0 Å². The Morgan fingerprint density at radius 1 is 0.526 bits per heavy atom. The first kappa shape index (κ1) is 42.5. The number of hydrogen-bond acceptors (Lipinski definition) is 8. The summed E-state index contributed by atoms with van der Waals surface area (Å²) in [4.78, 5) is 22.5. The van der Waals surface area contributed by atoms with Crippen LogP contribution in [0.4, 0.5) is 0 Å². The number of benzene rings is 6. The lowest BCUT2D eigenvalue weighted by atomic mass is 9.76. The molecule has 1 aliphatic rings. The van der Waals surface area contributed by atoms with E-state index in [9.17, 15) is 9.59 Å². The topological polar surface area (TPSA) is 89.5 Å². The van der Waals surface area contributed by atoms with Gasteiger partial charge in [-0.1, -0.05) is 80.2 Å². The van der Waals surface area contributed by atoms with Crippen LogP contribution in [0.5, 0.6) is 34.5 Å². The molecule has 7 rings (SSSR count). The van der Waals surface area contributed by atoms with Gasteiger partial charge in [0.1, 0.15) is 54.0 Å². The van der Waals surface area contributed by atoms with E-state index in [1.165, 1.54) is 0 Å². The molecule has 10 heteroatoms. The number of aldehydes is 2. The maximum atomic E-state index is 11.6. The molecule has 6 aromatic rings. The number of hydrogen-bond donors (Lipinski definition) is 0. The van der Waals surface area contributed by atoms with Crippen molar-refractivity contribution >= 4 is 41.1 Å². The van der Waals surface area contributed by atoms with Crippen molar-refractivity contribution in [3.8, 4) is 34.5 Å². The van der Waals surface area contributed by atoms with E-state index in [0.717, 1.165) is 29.4 Å². The van der Waals surface area contributed by atoms with Crippen molar-refractivity contribution in [3.05, 3.63) is 172 Å². The van der Waals surface area contributed by atoms with Crippen LogP contribution >= 0.6 is 15.9 Å². The molecule has 0 aliphatic carbocycles. The summed E-state index contributed by atoms with van der Waals surface area (Å²) in [5.41, 5.74) is 2.94. The second-order valence-corrected chi connectivity index (χ2v) is 14.9. The minimum absolute atomic E-state index is 0. The summed E-state index contributed by atoms with van der Waals surface area (Å²) in [7, 11) is -0.649. The van der Waals surface area contributed by atoms with Crippen molar-refractivity contribution in [2.75, 3.05) is 0 Å². The minimum Gasteiger partial charge on any atom is -0.489 e. The van der Waals surface area contributed by atoms with Crippen LogP contribution in [0.25, 0.3) is 0 Å². The molecule has 6 aromatic carbocycles. The average molecular weight is 830 g/mol. The Morgan fingerprint density at radius 2 is 0.947 bits per heavy atom. The predicted octanol–water partition coefficient (Wildman–Crippen LogP) is 11.4. The van der Waals surface area contributed by atoms with E-state index in [1.54, 1.807) is 36.4 Å². The summed E-state index contributed by atoms with van der Waals surface area (Å²) in [6, 6.07) is 45.4. The fourth-order valence-corrected chi connectivity index (χ4v) is 6.02. The fraction of sp³-hybridized carbons (Fsp3) is 0.191. The maximum absolute atomic E-state index is 11.6. The summed E-state index contributed by atoms with van der Waals surface area (Å²) in [6.45, 7) is 8.90. The molecule has 0 amide bonds. The first-order valence-corrected chi connectivity index (χ1v) is 18.9. The Morgan fingerprint density at radius 3 is 1.40 bits per heavy atom. The minimum atomic E-state index is -0.649. The van der Waals surface area contributed by atoms with Crippen LogP contribution in [0.3, 0.4) is 0 Å². The van der Waals surface area contributed by atoms with Crippen LogP contribution in [-0.2, 0) is 22.5 Å². The SMILES string of the molecule is C.CC1(C)OB(c2cc(Oc3cccc(OCc4ccccc4)c3)ccc2C=O)OC1(C)C.O=Cc1ccc(Oc2cccc(OCc3ccccc3)c2)cc1Br. The molecule has 0 unspecified atom stereocenters. The summed E-state index contributed by atoms with van der Waals surface area (Å²) in [5, 5.41) is 0. The number of rotatable bonds is 13. The fourth-order valence-electron chi connectivity index (χ4n) is 5.57. The molecule has 57 heavy (non-hydrogen) atoms. The maximum Gasteiger partial charge on any atom is 0.495 e. The lowest BCUT2D eigenvalue weighted by Crippen LogP contribution is -2.41. The normalized spacial score (nSPS) is 13.6. The van der Waals surface area contributed by atoms with Crippen LogP contribution in [-0.4, -0.2) is 30.9 Å². The van der Waals surface area contributed by atoms with Gasteiger partial charge in [-0.05, 0) is 121 Å². The van der Waals surface area contributed by atoms with Crippen LogP contribution in [0.15, 0.2) is 150 Å².